The van der Waals surface area contributed by atoms with E-state index >= 15 is 0 Å². The lowest BCUT2D eigenvalue weighted by molar-refractivity contribution is -0.128. The fraction of sp³-hybridized carbons (Fsp3) is 0.500. The SMILES string of the molecule is O=C(Cc1ccc(F)cc1Cl)C1CN2CCN1CC2. The van der Waals surface area contributed by atoms with Crippen LogP contribution < -0.4 is 0 Å². The molecule has 2 bridgehead atoms. The van der Waals surface area contributed by atoms with E-state index < -0.39 is 0 Å². The molecule has 0 amide bonds. The Bertz CT molecular complexity index is 500. The smallest absolute Gasteiger partial charge is 0.155 e. The third-order valence-electron chi connectivity index (χ3n) is 4.03. The van der Waals surface area contributed by atoms with Crippen LogP contribution in [-0.2, 0) is 11.2 Å². The molecule has 0 saturated carbocycles. The van der Waals surface area contributed by atoms with Crippen LogP contribution in [0.25, 0.3) is 0 Å². The van der Waals surface area contributed by atoms with Gasteiger partial charge in [-0.3, -0.25) is 14.6 Å². The number of rotatable bonds is 3. The summed E-state index contributed by atoms with van der Waals surface area (Å²) in [7, 11) is 0. The van der Waals surface area contributed by atoms with E-state index in [1.54, 1.807) is 6.07 Å². The van der Waals surface area contributed by atoms with Gasteiger partial charge in [-0.15, -0.1) is 0 Å². The molecule has 0 radical (unpaired) electrons. The maximum absolute atomic E-state index is 13.0. The van der Waals surface area contributed by atoms with Gasteiger partial charge in [0.15, 0.2) is 5.78 Å². The number of carbonyl (C=O) groups excluding carboxylic acids is 1. The minimum absolute atomic E-state index is 0.0244. The van der Waals surface area contributed by atoms with Gasteiger partial charge < -0.3 is 0 Å². The predicted octanol–water partition coefficient (Wildman–Crippen LogP) is 1.59. The monoisotopic (exact) mass is 282 g/mol. The largest absolute Gasteiger partial charge is 0.299 e. The molecule has 19 heavy (non-hydrogen) atoms. The molecular formula is C14H16ClFN2O. The molecule has 3 aliphatic rings. The molecular weight excluding hydrogens is 267 g/mol. The average molecular weight is 283 g/mol. The molecule has 3 nitrogen and oxygen atoms in total. The minimum Gasteiger partial charge on any atom is -0.299 e. The molecule has 1 unspecified atom stereocenters. The van der Waals surface area contributed by atoms with Gasteiger partial charge in [-0.2, -0.15) is 0 Å². The second-order valence-electron chi connectivity index (χ2n) is 5.23. The van der Waals surface area contributed by atoms with Gasteiger partial charge in [0.1, 0.15) is 5.82 Å². The Morgan fingerprint density at radius 1 is 1.32 bits per heavy atom. The Labute approximate surface area is 116 Å². The second kappa shape index (κ2) is 5.19. The third-order valence-corrected chi connectivity index (χ3v) is 4.38. The molecule has 0 aliphatic carbocycles. The summed E-state index contributed by atoms with van der Waals surface area (Å²) in [5.41, 5.74) is 0.714. The zero-order chi connectivity index (χ0) is 13.4. The zero-order valence-electron chi connectivity index (χ0n) is 10.6. The van der Waals surface area contributed by atoms with E-state index in [1.165, 1.54) is 12.1 Å². The van der Waals surface area contributed by atoms with E-state index in [0.29, 0.717) is 10.6 Å². The van der Waals surface area contributed by atoms with Gasteiger partial charge in [-0.25, -0.2) is 4.39 Å². The molecule has 0 aromatic heterocycles. The van der Waals surface area contributed by atoms with Gasteiger partial charge >= 0.3 is 0 Å². The van der Waals surface area contributed by atoms with Crippen LogP contribution in [0.3, 0.4) is 0 Å². The van der Waals surface area contributed by atoms with E-state index in [-0.39, 0.29) is 24.1 Å². The second-order valence-corrected chi connectivity index (χ2v) is 5.64. The summed E-state index contributed by atoms with van der Waals surface area (Å²) < 4.78 is 13.0. The number of nitrogens with zero attached hydrogens (tertiary/aromatic N) is 2. The first-order valence-corrected chi connectivity index (χ1v) is 6.94. The van der Waals surface area contributed by atoms with Crippen molar-refractivity contribution in [3.8, 4) is 0 Å². The van der Waals surface area contributed by atoms with Gasteiger partial charge in [-0.05, 0) is 17.7 Å². The number of hydrogen-bond donors (Lipinski definition) is 0. The summed E-state index contributed by atoms with van der Waals surface area (Å²) in [6.07, 6.45) is 0.286. The first-order chi connectivity index (χ1) is 9.13. The lowest BCUT2D eigenvalue weighted by atomic mass is 9.98. The van der Waals surface area contributed by atoms with Gasteiger partial charge in [0, 0.05) is 44.2 Å². The van der Waals surface area contributed by atoms with Crippen molar-refractivity contribution in [1.82, 2.24) is 9.80 Å². The van der Waals surface area contributed by atoms with Crippen molar-refractivity contribution in [3.05, 3.63) is 34.6 Å². The van der Waals surface area contributed by atoms with Crippen LogP contribution in [-0.4, -0.2) is 54.3 Å². The van der Waals surface area contributed by atoms with Gasteiger partial charge in [-0.1, -0.05) is 17.7 Å². The first-order valence-electron chi connectivity index (χ1n) is 6.56. The van der Waals surface area contributed by atoms with E-state index in [1.807, 2.05) is 0 Å². The van der Waals surface area contributed by atoms with Crippen molar-refractivity contribution >= 4 is 17.4 Å². The number of fused-ring (bicyclic) bond motifs is 3. The molecule has 102 valence electrons. The van der Waals surface area contributed by atoms with Crippen LogP contribution in [0.4, 0.5) is 4.39 Å². The summed E-state index contributed by atoms with van der Waals surface area (Å²) in [6, 6.07) is 4.20. The standard InChI is InChI=1S/C14H16ClFN2O/c15-12-8-11(16)2-1-10(12)7-14(19)13-9-17-3-5-18(13)6-4-17/h1-2,8,13H,3-7,9H2. The average Bonchev–Trinajstić information content (AvgIpc) is 2.43. The van der Waals surface area contributed by atoms with E-state index in [2.05, 4.69) is 9.80 Å². The maximum atomic E-state index is 13.0. The van der Waals surface area contributed by atoms with E-state index in [4.69, 9.17) is 11.6 Å². The van der Waals surface area contributed by atoms with Gasteiger partial charge in [0.05, 0.1) is 6.04 Å². The first kappa shape index (κ1) is 13.0. The van der Waals surface area contributed by atoms with Crippen molar-refractivity contribution in [2.75, 3.05) is 32.7 Å². The van der Waals surface area contributed by atoms with Gasteiger partial charge in [0.2, 0.25) is 0 Å². The van der Waals surface area contributed by atoms with Crippen LogP contribution in [0, 0.1) is 5.82 Å². The summed E-state index contributed by atoms with van der Waals surface area (Å²) in [5, 5.41) is 0.338. The fourth-order valence-corrected chi connectivity index (χ4v) is 3.13. The topological polar surface area (TPSA) is 23.6 Å². The molecule has 1 aromatic rings. The Morgan fingerprint density at radius 3 is 2.63 bits per heavy atom. The number of carbonyl (C=O) groups is 1. The maximum Gasteiger partial charge on any atom is 0.155 e. The molecule has 4 rings (SSSR count). The van der Waals surface area contributed by atoms with Crippen LogP contribution in [0.2, 0.25) is 5.02 Å². The van der Waals surface area contributed by atoms with Crippen LogP contribution in [0.15, 0.2) is 18.2 Å². The van der Waals surface area contributed by atoms with E-state index in [9.17, 15) is 9.18 Å². The molecule has 0 spiro atoms. The van der Waals surface area contributed by atoms with Crippen molar-refractivity contribution in [2.45, 2.75) is 12.5 Å². The highest BCUT2D eigenvalue weighted by molar-refractivity contribution is 6.31. The highest BCUT2D eigenvalue weighted by atomic mass is 35.5. The van der Waals surface area contributed by atoms with E-state index in [0.717, 1.165) is 32.7 Å². The Balaban J connectivity index is 1.71. The van der Waals surface area contributed by atoms with Crippen LogP contribution in [0.1, 0.15) is 5.56 Å². The third kappa shape index (κ3) is 2.66. The number of hydrogen-bond acceptors (Lipinski definition) is 3. The van der Waals surface area contributed by atoms with Crippen molar-refractivity contribution in [2.24, 2.45) is 0 Å². The number of Topliss-reactive ketones (excluding diaryl/α,β-unsaturated/α-hetero) is 1. The van der Waals surface area contributed by atoms with Crippen LogP contribution in [0.5, 0.6) is 0 Å². The summed E-state index contributed by atoms with van der Waals surface area (Å²) in [4.78, 5) is 17.0. The van der Waals surface area contributed by atoms with Gasteiger partial charge in [0.25, 0.3) is 0 Å². The highest BCUT2D eigenvalue weighted by Crippen LogP contribution is 2.21. The lowest BCUT2D eigenvalue weighted by Crippen LogP contribution is -2.63. The number of halogens is 2. The molecule has 0 N–H and O–H groups in total. The normalized spacial score (nSPS) is 29.5. The summed E-state index contributed by atoms with van der Waals surface area (Å²) >= 11 is 5.98. The number of ketones is 1. The zero-order valence-corrected chi connectivity index (χ0v) is 11.4. The molecule has 5 heteroatoms. The van der Waals surface area contributed by atoms with Crippen molar-refractivity contribution < 1.29 is 9.18 Å². The highest BCUT2D eigenvalue weighted by Gasteiger charge is 2.35. The molecule has 1 aromatic carbocycles. The molecule has 3 saturated heterocycles. The van der Waals surface area contributed by atoms with Crippen molar-refractivity contribution in [3.63, 3.8) is 0 Å². The molecule has 3 fully saturated rings. The van der Waals surface area contributed by atoms with Crippen molar-refractivity contribution in [1.29, 1.82) is 0 Å². The Kier molecular flexibility index (Phi) is 3.56. The molecule has 3 aliphatic heterocycles. The fourth-order valence-electron chi connectivity index (χ4n) is 2.89. The quantitative estimate of drug-likeness (QED) is 0.841. The number of benzene rings is 1. The molecule has 1 atom stereocenters. The lowest BCUT2D eigenvalue weighted by Gasteiger charge is -2.46. The number of piperazine rings is 3. The molecule has 3 heterocycles. The Hall–Kier alpha value is -0.970. The minimum atomic E-state index is -0.368. The summed E-state index contributed by atoms with van der Waals surface area (Å²) in [5.74, 6) is -0.189. The predicted molar refractivity (Wildman–Crippen MR) is 71.9 cm³/mol. The Morgan fingerprint density at radius 2 is 2.05 bits per heavy atom. The summed E-state index contributed by atoms with van der Waals surface area (Å²) in [6.45, 7) is 4.86. The van der Waals surface area contributed by atoms with Crippen LogP contribution >= 0.6 is 11.6 Å².